The van der Waals surface area contributed by atoms with E-state index in [4.69, 9.17) is 16.3 Å². The smallest absolute Gasteiger partial charge is 0.312 e. The quantitative estimate of drug-likeness (QED) is 0.668. The Bertz CT molecular complexity index is 519. The second kappa shape index (κ2) is 5.58. The normalized spacial score (nSPS) is 24.0. The largest absolute Gasteiger partial charge is 0.482 e. The van der Waals surface area contributed by atoms with Crippen molar-refractivity contribution in [3.8, 4) is 5.75 Å². The highest BCUT2D eigenvalue weighted by atomic mass is 35.5. The minimum absolute atomic E-state index is 0.0786. The summed E-state index contributed by atoms with van der Waals surface area (Å²) < 4.78 is 5.85. The highest BCUT2D eigenvalue weighted by Crippen LogP contribution is 2.46. The lowest BCUT2D eigenvalue weighted by Crippen LogP contribution is -2.62. The van der Waals surface area contributed by atoms with Crippen molar-refractivity contribution in [2.75, 3.05) is 6.54 Å². The molecule has 0 bridgehead atoms. The lowest BCUT2D eigenvalue weighted by molar-refractivity contribution is -0.386. The fraction of sp³-hybridized carbons (Fsp3) is 0.571. The number of hydrogen-bond acceptors (Lipinski definition) is 4. The zero-order chi connectivity index (χ0) is 14.9. The monoisotopic (exact) mass is 298 g/mol. The molecule has 6 heteroatoms. The maximum Gasteiger partial charge on any atom is 0.312 e. The minimum atomic E-state index is -0.464. The maximum absolute atomic E-state index is 11.0. The minimum Gasteiger partial charge on any atom is -0.482 e. The van der Waals surface area contributed by atoms with E-state index in [9.17, 15) is 10.1 Å². The van der Waals surface area contributed by atoms with Crippen molar-refractivity contribution in [2.24, 2.45) is 5.41 Å². The SMILES string of the molecule is CCNC1CC(Oc2c(Cl)cccc2[N+](=O)[O-])C1(C)C. The predicted molar refractivity (Wildman–Crippen MR) is 78.4 cm³/mol. The van der Waals surface area contributed by atoms with Crippen LogP contribution in [0.5, 0.6) is 5.75 Å². The number of para-hydroxylation sites is 1. The van der Waals surface area contributed by atoms with E-state index >= 15 is 0 Å². The van der Waals surface area contributed by atoms with Gasteiger partial charge in [-0.1, -0.05) is 38.4 Å². The highest BCUT2D eigenvalue weighted by molar-refractivity contribution is 6.32. The van der Waals surface area contributed by atoms with Crippen LogP contribution in [0.1, 0.15) is 27.2 Å². The summed E-state index contributed by atoms with van der Waals surface area (Å²) in [5.74, 6) is 0.173. The maximum atomic E-state index is 11.0. The van der Waals surface area contributed by atoms with Crippen molar-refractivity contribution in [3.05, 3.63) is 33.3 Å². The van der Waals surface area contributed by atoms with Gasteiger partial charge in [-0.2, -0.15) is 0 Å². The van der Waals surface area contributed by atoms with Crippen molar-refractivity contribution in [1.82, 2.24) is 5.32 Å². The molecule has 0 amide bonds. The van der Waals surface area contributed by atoms with Gasteiger partial charge in [0.1, 0.15) is 6.10 Å². The van der Waals surface area contributed by atoms with Gasteiger partial charge in [0.15, 0.2) is 0 Å². The van der Waals surface area contributed by atoms with E-state index in [1.54, 1.807) is 12.1 Å². The zero-order valence-corrected chi connectivity index (χ0v) is 12.6. The number of halogens is 1. The molecule has 0 saturated heterocycles. The number of nitrogens with one attached hydrogen (secondary N) is 1. The van der Waals surface area contributed by atoms with Crippen molar-refractivity contribution in [2.45, 2.75) is 39.3 Å². The Morgan fingerprint density at radius 2 is 2.25 bits per heavy atom. The van der Waals surface area contributed by atoms with Crippen LogP contribution in [-0.2, 0) is 0 Å². The molecule has 2 unspecified atom stereocenters. The molecule has 1 aliphatic carbocycles. The molecular weight excluding hydrogens is 280 g/mol. The van der Waals surface area contributed by atoms with Crippen LogP contribution in [0.25, 0.3) is 0 Å². The summed E-state index contributed by atoms with van der Waals surface area (Å²) in [7, 11) is 0. The van der Waals surface area contributed by atoms with E-state index < -0.39 is 4.92 Å². The van der Waals surface area contributed by atoms with E-state index in [-0.39, 0.29) is 28.0 Å². The number of ether oxygens (including phenoxy) is 1. The molecule has 2 atom stereocenters. The Morgan fingerprint density at radius 3 is 2.80 bits per heavy atom. The molecule has 0 radical (unpaired) electrons. The Morgan fingerprint density at radius 1 is 1.55 bits per heavy atom. The first-order valence-corrected chi connectivity index (χ1v) is 7.08. The van der Waals surface area contributed by atoms with Gasteiger partial charge in [-0.15, -0.1) is 0 Å². The van der Waals surface area contributed by atoms with E-state index in [1.165, 1.54) is 6.07 Å². The average molecular weight is 299 g/mol. The topological polar surface area (TPSA) is 64.4 Å². The third-order valence-electron chi connectivity index (χ3n) is 4.03. The molecule has 2 rings (SSSR count). The lowest BCUT2D eigenvalue weighted by atomic mass is 9.64. The van der Waals surface area contributed by atoms with Crippen molar-refractivity contribution in [3.63, 3.8) is 0 Å². The zero-order valence-electron chi connectivity index (χ0n) is 11.9. The molecule has 0 spiro atoms. The van der Waals surface area contributed by atoms with Gasteiger partial charge in [0.2, 0.25) is 5.75 Å². The van der Waals surface area contributed by atoms with Gasteiger partial charge in [0, 0.05) is 23.9 Å². The Balaban J connectivity index is 2.18. The Kier molecular flexibility index (Phi) is 4.20. The van der Waals surface area contributed by atoms with Gasteiger partial charge in [-0.05, 0) is 12.6 Å². The Labute approximate surface area is 123 Å². The molecule has 0 heterocycles. The van der Waals surface area contributed by atoms with Crippen molar-refractivity contribution >= 4 is 17.3 Å². The molecule has 0 aromatic heterocycles. The van der Waals surface area contributed by atoms with Gasteiger partial charge < -0.3 is 10.1 Å². The third-order valence-corrected chi connectivity index (χ3v) is 4.33. The van der Waals surface area contributed by atoms with Crippen LogP contribution in [-0.4, -0.2) is 23.6 Å². The van der Waals surface area contributed by atoms with E-state index in [1.807, 2.05) is 0 Å². The van der Waals surface area contributed by atoms with Crippen LogP contribution in [0, 0.1) is 15.5 Å². The first-order chi connectivity index (χ1) is 9.37. The van der Waals surface area contributed by atoms with Crippen molar-refractivity contribution < 1.29 is 9.66 Å². The molecular formula is C14H19ClN2O3. The molecule has 1 N–H and O–H groups in total. The fourth-order valence-corrected chi connectivity index (χ4v) is 2.79. The van der Waals surface area contributed by atoms with E-state index in [0.29, 0.717) is 6.04 Å². The first-order valence-electron chi connectivity index (χ1n) is 6.70. The summed E-state index contributed by atoms with van der Waals surface area (Å²) in [5, 5.41) is 14.7. The molecule has 1 aromatic carbocycles. The molecule has 1 fully saturated rings. The number of rotatable bonds is 5. The molecule has 5 nitrogen and oxygen atoms in total. The van der Waals surface area contributed by atoms with E-state index in [0.717, 1.165) is 13.0 Å². The van der Waals surface area contributed by atoms with Gasteiger partial charge in [0.05, 0.1) is 9.95 Å². The summed E-state index contributed by atoms with van der Waals surface area (Å²) >= 11 is 6.04. The molecule has 1 aliphatic rings. The first kappa shape index (κ1) is 15.1. The number of hydrogen-bond donors (Lipinski definition) is 1. The van der Waals surface area contributed by atoms with Crippen LogP contribution in [0.15, 0.2) is 18.2 Å². The van der Waals surface area contributed by atoms with Crippen molar-refractivity contribution in [1.29, 1.82) is 0 Å². The van der Waals surface area contributed by atoms with Crippen LogP contribution in [0.2, 0.25) is 5.02 Å². The van der Waals surface area contributed by atoms with Gasteiger partial charge >= 0.3 is 5.69 Å². The molecule has 1 aromatic rings. The van der Waals surface area contributed by atoms with Crippen LogP contribution in [0.3, 0.4) is 0 Å². The van der Waals surface area contributed by atoms with Gasteiger partial charge in [0.25, 0.3) is 0 Å². The fourth-order valence-electron chi connectivity index (χ4n) is 2.58. The van der Waals surface area contributed by atoms with Crippen LogP contribution < -0.4 is 10.1 Å². The predicted octanol–water partition coefficient (Wildman–Crippen LogP) is 3.40. The summed E-state index contributed by atoms with van der Waals surface area (Å²) in [6.07, 6.45) is 0.744. The highest BCUT2D eigenvalue weighted by Gasteiger charge is 2.50. The standard InChI is InChI=1S/C14H19ClN2O3/c1-4-16-11-8-12(14(11,2)3)20-13-9(15)6-5-7-10(13)17(18)19/h5-7,11-12,16H,4,8H2,1-3H3. The lowest BCUT2D eigenvalue weighted by Gasteiger charge is -2.51. The van der Waals surface area contributed by atoms with Crippen LogP contribution >= 0.6 is 11.6 Å². The Hall–Kier alpha value is -1.33. The van der Waals surface area contributed by atoms with Crippen LogP contribution in [0.4, 0.5) is 5.69 Å². The van der Waals surface area contributed by atoms with Gasteiger partial charge in [-0.25, -0.2) is 0 Å². The average Bonchev–Trinajstić information content (AvgIpc) is 2.39. The molecule has 1 saturated carbocycles. The second-order valence-corrected chi connectivity index (χ2v) is 6.03. The molecule has 20 heavy (non-hydrogen) atoms. The summed E-state index contributed by atoms with van der Waals surface area (Å²) in [5.41, 5.74) is -0.163. The molecule has 0 aliphatic heterocycles. The van der Waals surface area contributed by atoms with E-state index in [2.05, 4.69) is 26.1 Å². The van der Waals surface area contributed by atoms with Gasteiger partial charge in [-0.3, -0.25) is 10.1 Å². The second-order valence-electron chi connectivity index (χ2n) is 5.62. The number of nitro benzene ring substituents is 1. The number of benzene rings is 1. The number of nitrogens with zero attached hydrogens (tertiary/aromatic N) is 1. The number of nitro groups is 1. The third kappa shape index (κ3) is 2.60. The molecule has 110 valence electrons. The summed E-state index contributed by atoms with van der Waals surface area (Å²) in [6.45, 7) is 7.14. The summed E-state index contributed by atoms with van der Waals surface area (Å²) in [6, 6.07) is 4.94. The summed E-state index contributed by atoms with van der Waals surface area (Å²) in [4.78, 5) is 10.6.